The van der Waals surface area contributed by atoms with Crippen LogP contribution in [-0.2, 0) is 22.4 Å². The van der Waals surface area contributed by atoms with Crippen LogP contribution in [0.4, 0.5) is 5.00 Å². The van der Waals surface area contributed by atoms with Crippen LogP contribution >= 0.6 is 11.3 Å². The average molecular weight is 291 g/mol. The van der Waals surface area contributed by atoms with E-state index in [1.54, 1.807) is 0 Å². The number of carbonyl (C=O) groups is 1. The Morgan fingerprint density at radius 2 is 2.35 bits per heavy atom. The molecule has 0 atom stereocenters. The highest BCUT2D eigenvalue weighted by Crippen LogP contribution is 2.38. The van der Waals surface area contributed by atoms with E-state index in [1.807, 2.05) is 6.92 Å². The third-order valence-corrected chi connectivity index (χ3v) is 5.04. The Balaban J connectivity index is 1.63. The van der Waals surface area contributed by atoms with E-state index in [9.17, 15) is 10.1 Å². The molecular formula is C14H17N3O2S. The summed E-state index contributed by atoms with van der Waals surface area (Å²) in [5.41, 5.74) is 1.54. The molecule has 20 heavy (non-hydrogen) atoms. The normalized spacial score (nSPS) is 19.0. The van der Waals surface area contributed by atoms with Crippen LogP contribution in [0.5, 0.6) is 0 Å². The number of nitrogens with zero attached hydrogens (tertiary/aromatic N) is 1. The molecule has 0 saturated carbocycles. The van der Waals surface area contributed by atoms with Gasteiger partial charge in [-0.25, -0.2) is 0 Å². The van der Waals surface area contributed by atoms with Crippen LogP contribution in [0, 0.1) is 11.3 Å². The summed E-state index contributed by atoms with van der Waals surface area (Å²) in [6.07, 6.45) is 3.08. The number of hydrogen-bond donors (Lipinski definition) is 2. The van der Waals surface area contributed by atoms with Gasteiger partial charge in [-0.3, -0.25) is 4.79 Å². The molecule has 1 fully saturated rings. The monoisotopic (exact) mass is 291 g/mol. The van der Waals surface area contributed by atoms with Gasteiger partial charge in [0.15, 0.2) is 0 Å². The zero-order chi connectivity index (χ0) is 14.2. The minimum Gasteiger partial charge on any atom is -0.363 e. The molecule has 1 aliphatic carbocycles. The van der Waals surface area contributed by atoms with E-state index in [-0.39, 0.29) is 18.1 Å². The fourth-order valence-electron chi connectivity index (χ4n) is 2.59. The highest BCUT2D eigenvalue weighted by atomic mass is 32.1. The van der Waals surface area contributed by atoms with E-state index in [0.29, 0.717) is 10.6 Å². The Bertz CT molecular complexity index is 584. The van der Waals surface area contributed by atoms with Crippen molar-refractivity contribution in [2.45, 2.75) is 31.8 Å². The van der Waals surface area contributed by atoms with Crippen molar-refractivity contribution in [3.8, 4) is 6.07 Å². The molecule has 0 spiro atoms. The Labute approximate surface area is 121 Å². The summed E-state index contributed by atoms with van der Waals surface area (Å²) >= 11 is 1.53. The molecular weight excluding hydrogens is 274 g/mol. The second-order valence-electron chi connectivity index (χ2n) is 5.56. The number of rotatable bonds is 4. The Morgan fingerprint density at radius 3 is 3.00 bits per heavy atom. The second kappa shape index (κ2) is 5.17. The molecule has 5 nitrogen and oxygen atoms in total. The molecule has 2 N–H and O–H groups in total. The van der Waals surface area contributed by atoms with E-state index in [4.69, 9.17) is 4.74 Å². The van der Waals surface area contributed by atoms with Crippen molar-refractivity contribution in [1.29, 1.82) is 5.26 Å². The number of thiophene rings is 1. The highest BCUT2D eigenvalue weighted by Gasteiger charge is 2.33. The van der Waals surface area contributed by atoms with Crippen molar-refractivity contribution in [2.75, 3.05) is 25.0 Å². The van der Waals surface area contributed by atoms with E-state index in [1.165, 1.54) is 16.2 Å². The maximum Gasteiger partial charge on any atom is 0.251 e. The van der Waals surface area contributed by atoms with Crippen LogP contribution in [0.15, 0.2) is 0 Å². The van der Waals surface area contributed by atoms with Gasteiger partial charge >= 0.3 is 0 Å². The zero-order valence-electron chi connectivity index (χ0n) is 11.4. The van der Waals surface area contributed by atoms with Gasteiger partial charge in [0.05, 0.1) is 11.2 Å². The number of nitrogens with one attached hydrogen (secondary N) is 2. The van der Waals surface area contributed by atoms with Gasteiger partial charge in [-0.2, -0.15) is 5.26 Å². The number of carbonyl (C=O) groups excluding carboxylic acids is 1. The summed E-state index contributed by atoms with van der Waals surface area (Å²) in [5, 5.41) is 15.9. The minimum atomic E-state index is -0.230. The number of anilines is 1. The van der Waals surface area contributed by atoms with Crippen LogP contribution < -0.4 is 10.6 Å². The van der Waals surface area contributed by atoms with Gasteiger partial charge in [-0.05, 0) is 31.7 Å². The topological polar surface area (TPSA) is 74.1 Å². The van der Waals surface area contributed by atoms with Crippen molar-refractivity contribution in [3.05, 3.63) is 16.0 Å². The predicted molar refractivity (Wildman–Crippen MR) is 76.9 cm³/mol. The summed E-state index contributed by atoms with van der Waals surface area (Å²) in [4.78, 5) is 13.2. The molecule has 0 unspecified atom stereocenters. The van der Waals surface area contributed by atoms with Crippen molar-refractivity contribution >= 4 is 22.2 Å². The molecule has 0 aromatic carbocycles. The summed E-state index contributed by atoms with van der Waals surface area (Å²) in [6.45, 7) is 3.57. The lowest BCUT2D eigenvalue weighted by atomic mass is 10.0. The smallest absolute Gasteiger partial charge is 0.251 e. The average Bonchev–Trinajstić information content (AvgIpc) is 2.94. The molecule has 6 heteroatoms. The van der Waals surface area contributed by atoms with E-state index in [0.717, 1.165) is 37.9 Å². The van der Waals surface area contributed by atoms with Crippen LogP contribution in [0.3, 0.4) is 0 Å². The third-order valence-electron chi connectivity index (χ3n) is 3.84. The Hall–Kier alpha value is -1.42. The lowest BCUT2D eigenvalue weighted by Gasteiger charge is -2.38. The zero-order valence-corrected chi connectivity index (χ0v) is 12.2. The number of fused-ring (bicyclic) bond motifs is 1. The molecule has 0 radical (unpaired) electrons. The predicted octanol–water partition coefficient (Wildman–Crippen LogP) is 1.43. The Morgan fingerprint density at radius 1 is 1.55 bits per heavy atom. The van der Waals surface area contributed by atoms with Gasteiger partial charge in [0.1, 0.15) is 17.7 Å². The number of nitriles is 1. The van der Waals surface area contributed by atoms with Crippen LogP contribution in [0.1, 0.15) is 29.3 Å². The molecule has 2 heterocycles. The molecule has 3 rings (SSSR count). The lowest BCUT2D eigenvalue weighted by molar-refractivity contribution is -0.130. The van der Waals surface area contributed by atoms with Gasteiger partial charge < -0.3 is 15.4 Å². The largest absolute Gasteiger partial charge is 0.363 e. The summed E-state index contributed by atoms with van der Waals surface area (Å²) in [5.74, 6) is -0.186. The standard InChI is InChI=1S/C14H17N3O2S/c1-14(7-16-8-14)19-6-12(18)17-13-10(5-15)9-3-2-4-11(9)20-13/h16H,2-4,6-8H2,1H3,(H,17,18). The summed E-state index contributed by atoms with van der Waals surface area (Å²) < 4.78 is 5.60. The van der Waals surface area contributed by atoms with E-state index < -0.39 is 0 Å². The van der Waals surface area contributed by atoms with Crippen molar-refractivity contribution in [2.24, 2.45) is 0 Å². The fraction of sp³-hybridized carbons (Fsp3) is 0.571. The SMILES string of the molecule is CC1(OCC(=O)Nc2sc3c(c2C#N)CCC3)CNC1. The lowest BCUT2D eigenvalue weighted by Crippen LogP contribution is -2.59. The van der Waals surface area contributed by atoms with Gasteiger partial charge in [-0.1, -0.05) is 0 Å². The second-order valence-corrected chi connectivity index (χ2v) is 6.67. The van der Waals surface area contributed by atoms with Crippen LogP contribution in [0.25, 0.3) is 0 Å². The van der Waals surface area contributed by atoms with Crippen LogP contribution in [-0.4, -0.2) is 31.2 Å². The fourth-order valence-corrected chi connectivity index (χ4v) is 3.85. The molecule has 0 bridgehead atoms. The first-order valence-electron chi connectivity index (χ1n) is 6.80. The van der Waals surface area contributed by atoms with Crippen molar-refractivity contribution < 1.29 is 9.53 Å². The van der Waals surface area contributed by atoms with Gasteiger partial charge in [-0.15, -0.1) is 11.3 Å². The van der Waals surface area contributed by atoms with Gasteiger partial charge in [0, 0.05) is 18.0 Å². The molecule has 1 aromatic heterocycles. The van der Waals surface area contributed by atoms with Crippen molar-refractivity contribution in [3.63, 3.8) is 0 Å². The van der Waals surface area contributed by atoms with Gasteiger partial charge in [0.25, 0.3) is 5.91 Å². The number of ether oxygens (including phenoxy) is 1. The third kappa shape index (κ3) is 2.44. The van der Waals surface area contributed by atoms with E-state index in [2.05, 4.69) is 16.7 Å². The maximum absolute atomic E-state index is 11.9. The molecule has 1 saturated heterocycles. The van der Waals surface area contributed by atoms with Gasteiger partial charge in [0.2, 0.25) is 0 Å². The number of aryl methyl sites for hydroxylation is 1. The summed E-state index contributed by atoms with van der Waals surface area (Å²) in [6, 6.07) is 2.22. The van der Waals surface area contributed by atoms with Crippen LogP contribution in [0.2, 0.25) is 0 Å². The van der Waals surface area contributed by atoms with E-state index >= 15 is 0 Å². The molecule has 106 valence electrons. The quantitative estimate of drug-likeness (QED) is 0.880. The minimum absolute atomic E-state index is 0.0333. The first kappa shape index (κ1) is 13.6. The van der Waals surface area contributed by atoms with Crippen molar-refractivity contribution in [1.82, 2.24) is 5.32 Å². The first-order valence-corrected chi connectivity index (χ1v) is 7.62. The first-order chi connectivity index (χ1) is 9.61. The molecule has 1 aromatic rings. The molecule has 1 amide bonds. The Kier molecular flexibility index (Phi) is 3.50. The summed E-state index contributed by atoms with van der Waals surface area (Å²) in [7, 11) is 0. The maximum atomic E-state index is 11.9. The number of amides is 1. The molecule has 2 aliphatic rings. The number of hydrogen-bond acceptors (Lipinski definition) is 5. The highest BCUT2D eigenvalue weighted by molar-refractivity contribution is 7.16. The molecule has 1 aliphatic heterocycles.